The lowest BCUT2D eigenvalue weighted by atomic mass is 9.94. The third-order valence-electron chi connectivity index (χ3n) is 23.3. The molecule has 0 fully saturated rings. The zero-order valence-corrected chi connectivity index (χ0v) is 86.6. The van der Waals surface area contributed by atoms with Gasteiger partial charge in [0.05, 0.1) is 107 Å². The minimum absolute atomic E-state index is 0.000544. The molecule has 0 aliphatic carbocycles. The van der Waals surface area contributed by atoms with E-state index in [0.29, 0.717) is 116 Å². The van der Waals surface area contributed by atoms with Crippen molar-refractivity contribution >= 4 is 203 Å². The fraction of sp³-hybridized carbons (Fsp3) is 0.315. The molecule has 0 aliphatic heterocycles. The number of aromatic nitrogens is 4. The van der Waals surface area contributed by atoms with Crippen LogP contribution in [0, 0.1) is 69.0 Å². The predicted octanol–water partition coefficient (Wildman–Crippen LogP) is 21.3. The molecular weight excluding hydrogens is 1980 g/mol. The van der Waals surface area contributed by atoms with Crippen molar-refractivity contribution in [1.82, 2.24) is 46.5 Å². The number of ketones is 7. The number of nitriles is 4. The first-order chi connectivity index (χ1) is 69.1. The molecule has 0 spiro atoms. The lowest BCUT2D eigenvalue weighted by Crippen LogP contribution is -2.42. The Labute approximate surface area is 873 Å². The van der Waals surface area contributed by atoms with Crippen LogP contribution in [-0.2, 0) is 109 Å². The van der Waals surface area contributed by atoms with Gasteiger partial charge in [-0.2, -0.15) is 21.0 Å². The van der Waals surface area contributed by atoms with E-state index in [2.05, 4.69) is 72.8 Å². The molecular formula is C111H111Cl4N13O12S4. The maximum Gasteiger partial charge on any atom is 0.224 e. The molecule has 0 saturated heterocycles. The highest BCUT2D eigenvalue weighted by molar-refractivity contribution is 7.19. The molecule has 8 atom stereocenters. The van der Waals surface area contributed by atoms with E-state index < -0.39 is 23.7 Å². The van der Waals surface area contributed by atoms with Gasteiger partial charge >= 0.3 is 0 Å². The van der Waals surface area contributed by atoms with Gasteiger partial charge in [0.15, 0.2) is 23.1 Å². The van der Waals surface area contributed by atoms with Crippen molar-refractivity contribution in [3.8, 4) is 24.3 Å². The first-order valence-electron chi connectivity index (χ1n) is 46.9. The minimum atomic E-state index is -0.649. The second-order valence-electron chi connectivity index (χ2n) is 34.6. The summed E-state index contributed by atoms with van der Waals surface area (Å²) in [5, 5.41) is 56.1. The predicted molar refractivity (Wildman–Crippen MR) is 570 cm³/mol. The summed E-state index contributed by atoms with van der Waals surface area (Å²) in [6.07, 6.45) is 6.93. The Morgan fingerprint density at radius 1 is 0.333 bits per heavy atom. The van der Waals surface area contributed by atoms with Gasteiger partial charge in [0.25, 0.3) is 0 Å². The standard InChI is InChI=1S/C29H30ClN3O3S.C28H28ClN3O3S.C27H27ClN4O3S.C27H26ClN3O3S/c1-3-7-24(34)15-21(16-28-33-25-12-10-22(30)17-27(25)37-28)29(36)32-23(11-13-26(35)19(2)18-31)14-20-8-5-4-6-9-20;1-3-23(33)14-20(15-27-32-24-11-9-21(29)16-26(24)36-27)28(35)31-22(10-12-25(34)18(2)17-30)13-19-7-5-4-6-8-19;1-17(16-29)23(33)11-9-21(12-18-6-4-3-5-7-18)31-27(35)19(13-25(34)30-2)14-26-32-22-10-8-20(28)15-24(22)36-26;1-17(16-29)24(33)11-9-22(13-19-6-4-3-5-7-19)30-27(34)20(12-18(2)32)14-26-31-23-10-8-21(28)15-25(23)35-26/h4-6,8-10,12,17,21,23H,2-3,7,11,13-16H2,1H3,(H,32,36);4-9,11,16,20,22H,2-3,10,12-15H2,1H3,(H,31,35);3-8,10,15,19,21H,1,9,11-14H2,2H3,(H,30,34)(H,31,35);3-8,10,15,20,22H,1,9,11-14H2,2H3,(H,30,34)/t21-,23+;20-,22+;19-,21+;20-,22+/m0000/s1. The molecule has 0 unspecified atom stereocenters. The van der Waals surface area contributed by atoms with Gasteiger partial charge in [-0.25, -0.2) is 19.9 Å². The van der Waals surface area contributed by atoms with Crippen molar-refractivity contribution in [2.75, 3.05) is 7.05 Å². The monoisotopic (exact) mass is 2090 g/mol. The average molecular weight is 2090 g/mol. The number of carbonyl (C=O) groups excluding carboxylic acids is 12. The SMILES string of the molecule is C=C(C#N)C(=O)CC[C@H](Cc1ccccc1)NC(=O)[C@@H](CC(=O)CC)Cc1nc2ccc(Cl)cc2s1.C=C(C#N)C(=O)CC[C@H](Cc1ccccc1)NC(=O)[C@@H](CC(=O)CCC)Cc1nc2ccc(Cl)cc2s1.C=C(C#N)C(=O)CC[C@H](Cc1ccccc1)NC(=O)[C@@H](CC(=O)NC)Cc1nc2ccc(Cl)cc2s1.C=C(C#N)C(=O)CC[C@H](Cc1ccccc1)NC(=O)[C@@H](CC(C)=O)Cc1nc2ccc(Cl)cc2s1. The lowest BCUT2D eigenvalue weighted by Gasteiger charge is -2.22. The van der Waals surface area contributed by atoms with E-state index in [0.717, 1.165) is 83.2 Å². The van der Waals surface area contributed by atoms with E-state index in [4.69, 9.17) is 67.5 Å². The Balaban J connectivity index is 0.000000214. The first kappa shape index (κ1) is 114. The van der Waals surface area contributed by atoms with Crippen molar-refractivity contribution in [1.29, 1.82) is 21.0 Å². The van der Waals surface area contributed by atoms with Crippen LogP contribution < -0.4 is 26.6 Å². The summed E-state index contributed by atoms with van der Waals surface area (Å²) in [7, 11) is 1.53. The summed E-state index contributed by atoms with van der Waals surface area (Å²) in [5.74, 6) is -5.11. The molecule has 0 bridgehead atoms. The van der Waals surface area contributed by atoms with E-state index >= 15 is 0 Å². The quantitative estimate of drug-likeness (QED) is 0.0175. The van der Waals surface area contributed by atoms with Crippen molar-refractivity contribution in [2.45, 2.75) is 193 Å². The van der Waals surface area contributed by atoms with Crippen LogP contribution in [0.3, 0.4) is 0 Å². The van der Waals surface area contributed by atoms with Gasteiger partial charge in [0, 0.05) is 141 Å². The summed E-state index contributed by atoms with van der Waals surface area (Å²) < 4.78 is 3.69. The molecule has 25 nitrogen and oxygen atoms in total. The molecule has 744 valence electrons. The molecule has 4 aromatic heterocycles. The molecule has 5 amide bonds. The van der Waals surface area contributed by atoms with E-state index in [9.17, 15) is 57.5 Å². The van der Waals surface area contributed by atoms with E-state index in [1.807, 2.05) is 177 Å². The van der Waals surface area contributed by atoms with E-state index in [-0.39, 0.29) is 168 Å². The van der Waals surface area contributed by atoms with Crippen molar-refractivity contribution < 1.29 is 57.5 Å². The number of nitrogens with zero attached hydrogens (tertiary/aromatic N) is 8. The first-order valence-corrected chi connectivity index (χ1v) is 51.7. The van der Waals surface area contributed by atoms with Crippen LogP contribution in [0.5, 0.6) is 0 Å². The number of carbonyl (C=O) groups is 12. The van der Waals surface area contributed by atoms with Gasteiger partial charge in [-0.05, 0) is 160 Å². The molecule has 144 heavy (non-hydrogen) atoms. The molecule has 5 N–H and O–H groups in total. The minimum Gasteiger partial charge on any atom is -0.359 e. The number of Topliss-reactive ketones (excluding diaryl/α,β-unsaturated/α-hetero) is 7. The van der Waals surface area contributed by atoms with Crippen LogP contribution in [0.2, 0.25) is 20.1 Å². The van der Waals surface area contributed by atoms with Crippen molar-refractivity contribution in [3.05, 3.63) is 305 Å². The number of thiazole rings is 4. The third-order valence-corrected chi connectivity index (χ3v) is 28.4. The van der Waals surface area contributed by atoms with Crippen molar-refractivity contribution in [2.24, 2.45) is 23.7 Å². The number of rotatable bonds is 51. The topological polar surface area (TPSA) is 412 Å². The van der Waals surface area contributed by atoms with E-state index in [1.165, 1.54) is 59.3 Å². The smallest absolute Gasteiger partial charge is 0.224 e. The largest absolute Gasteiger partial charge is 0.359 e. The van der Waals surface area contributed by atoms with Gasteiger partial charge < -0.3 is 31.4 Å². The number of hydrogen-bond acceptors (Lipinski definition) is 24. The Morgan fingerprint density at radius 2 is 0.576 bits per heavy atom. The molecule has 0 saturated carbocycles. The molecule has 8 aromatic carbocycles. The molecule has 0 radical (unpaired) electrons. The fourth-order valence-corrected chi connectivity index (χ4v) is 20.9. The Hall–Kier alpha value is -13.6. The second-order valence-corrected chi connectivity index (χ2v) is 40.9. The maximum absolute atomic E-state index is 13.5. The zero-order valence-electron chi connectivity index (χ0n) is 80.3. The van der Waals surface area contributed by atoms with Gasteiger partial charge in [-0.15, -0.1) is 45.3 Å². The van der Waals surface area contributed by atoms with Gasteiger partial charge in [0.2, 0.25) is 29.5 Å². The van der Waals surface area contributed by atoms with Crippen LogP contribution in [0.4, 0.5) is 0 Å². The normalized spacial score (nSPS) is 12.4. The molecule has 0 aliphatic rings. The molecule has 4 heterocycles. The number of nitrogens with one attached hydrogen (secondary N) is 5. The second kappa shape index (κ2) is 58.9. The molecule has 33 heteroatoms. The summed E-state index contributed by atoms with van der Waals surface area (Å²) >= 11 is 30.2. The summed E-state index contributed by atoms with van der Waals surface area (Å²) in [6, 6.07) is 66.1. The zero-order chi connectivity index (χ0) is 104. The van der Waals surface area contributed by atoms with E-state index in [1.54, 1.807) is 55.5 Å². The highest BCUT2D eigenvalue weighted by Crippen LogP contribution is 2.34. The number of allylic oxidation sites excluding steroid dienone is 4. The van der Waals surface area contributed by atoms with Gasteiger partial charge in [-0.3, -0.25) is 52.7 Å². The lowest BCUT2D eigenvalue weighted by molar-refractivity contribution is -0.130. The highest BCUT2D eigenvalue weighted by atomic mass is 35.5. The average Bonchev–Trinajstić information content (AvgIpc) is 1.68. The van der Waals surface area contributed by atoms with Gasteiger partial charge in [-0.1, -0.05) is 208 Å². The molecule has 12 aromatic rings. The number of amides is 5. The fourth-order valence-electron chi connectivity index (χ4n) is 15.6. The highest BCUT2D eigenvalue weighted by Gasteiger charge is 2.33. The number of benzene rings is 8. The summed E-state index contributed by atoms with van der Waals surface area (Å²) in [5.41, 5.74) is 6.85. The Kier molecular flexibility index (Phi) is 46.6. The van der Waals surface area contributed by atoms with Crippen LogP contribution in [0.15, 0.2) is 243 Å². The van der Waals surface area contributed by atoms with Gasteiger partial charge in [0.1, 0.15) is 41.6 Å². The Morgan fingerprint density at radius 3 is 0.806 bits per heavy atom. The number of fused-ring (bicyclic) bond motifs is 4. The van der Waals surface area contributed by atoms with Crippen LogP contribution in [0.1, 0.15) is 159 Å². The Bertz CT molecular complexity index is 6600. The number of hydrogen-bond donors (Lipinski definition) is 5. The van der Waals surface area contributed by atoms with Crippen LogP contribution >= 0.6 is 91.8 Å². The summed E-state index contributed by atoms with van der Waals surface area (Å²) in [6.45, 7) is 19.1. The third kappa shape index (κ3) is 38.3. The molecule has 12 rings (SSSR count). The number of halogens is 4. The van der Waals surface area contributed by atoms with Crippen LogP contribution in [0.25, 0.3) is 40.9 Å². The van der Waals surface area contributed by atoms with Crippen molar-refractivity contribution in [3.63, 3.8) is 0 Å². The summed E-state index contributed by atoms with van der Waals surface area (Å²) in [4.78, 5) is 170. The van der Waals surface area contributed by atoms with Crippen LogP contribution in [-0.4, -0.2) is 121 Å². The maximum atomic E-state index is 13.5.